The van der Waals surface area contributed by atoms with Crippen LogP contribution in [0.25, 0.3) is 0 Å². The van der Waals surface area contributed by atoms with Crippen molar-refractivity contribution in [3.8, 4) is 0 Å². The van der Waals surface area contributed by atoms with E-state index in [0.717, 1.165) is 0 Å². The van der Waals surface area contributed by atoms with E-state index in [1.54, 1.807) is 0 Å². The van der Waals surface area contributed by atoms with E-state index in [4.69, 9.17) is 0 Å². The minimum Gasteiger partial charge on any atom is -0.133 e. The normalized spacial score (nSPS) is 11.9. The van der Waals surface area contributed by atoms with E-state index in [1.807, 2.05) is 0 Å². The molecule has 134 valence electrons. The number of aryl methyl sites for hydroxylation is 2. The molecule has 0 nitrogen and oxygen atoms in total. The largest absolute Gasteiger partial charge is 0.133 e. The molecule has 0 heterocycles. The van der Waals surface area contributed by atoms with Crippen molar-refractivity contribution >= 4 is 10.0 Å². The van der Waals surface area contributed by atoms with Crippen LogP contribution in [0.15, 0.2) is 129 Å². The first-order chi connectivity index (χ1) is 13.2. The van der Waals surface area contributed by atoms with Gasteiger partial charge in [0.25, 0.3) is 0 Å². The molecule has 0 aliphatic heterocycles. The molecule has 0 aliphatic carbocycles. The van der Waals surface area contributed by atoms with E-state index in [9.17, 15) is 0 Å². The van der Waals surface area contributed by atoms with Crippen molar-refractivity contribution in [1.29, 1.82) is 0 Å². The van der Waals surface area contributed by atoms with Gasteiger partial charge in [-0.1, -0.05) is 71.8 Å². The van der Waals surface area contributed by atoms with Crippen LogP contribution < -0.4 is 0 Å². The van der Waals surface area contributed by atoms with Gasteiger partial charge in [0.15, 0.2) is 0 Å². The molecular formula is C26H24S. The third-order valence-electron chi connectivity index (χ3n) is 4.94. The van der Waals surface area contributed by atoms with E-state index in [1.165, 1.54) is 30.7 Å². The highest BCUT2D eigenvalue weighted by molar-refractivity contribution is 8.34. The summed E-state index contributed by atoms with van der Waals surface area (Å²) in [5.74, 6) is 0. The summed E-state index contributed by atoms with van der Waals surface area (Å²) in [7, 11) is -1.54. The summed E-state index contributed by atoms with van der Waals surface area (Å²) in [4.78, 5) is 5.47. The minimum atomic E-state index is -1.54. The number of benzene rings is 4. The highest BCUT2D eigenvalue weighted by Crippen LogP contribution is 2.73. The average molecular weight is 369 g/mol. The van der Waals surface area contributed by atoms with Crippen LogP contribution in [0.2, 0.25) is 0 Å². The maximum absolute atomic E-state index is 2.31. The molecule has 4 rings (SSSR count). The Morgan fingerprint density at radius 2 is 0.667 bits per heavy atom. The van der Waals surface area contributed by atoms with E-state index in [0.29, 0.717) is 0 Å². The summed E-state index contributed by atoms with van der Waals surface area (Å²) in [6.07, 6.45) is 0. The van der Waals surface area contributed by atoms with Gasteiger partial charge in [-0.3, -0.25) is 0 Å². The van der Waals surface area contributed by atoms with Gasteiger partial charge in [-0.05, 0) is 62.4 Å². The Kier molecular flexibility index (Phi) is 4.87. The number of rotatable bonds is 4. The second kappa shape index (κ2) is 7.46. The van der Waals surface area contributed by atoms with Crippen molar-refractivity contribution in [3.05, 3.63) is 120 Å². The lowest BCUT2D eigenvalue weighted by molar-refractivity contribution is 1.23. The topological polar surface area (TPSA) is 0 Å². The fourth-order valence-electron chi connectivity index (χ4n) is 3.55. The first-order valence-electron chi connectivity index (χ1n) is 9.28. The van der Waals surface area contributed by atoms with Crippen molar-refractivity contribution < 1.29 is 0 Å². The Labute approximate surface area is 163 Å². The van der Waals surface area contributed by atoms with Crippen LogP contribution in [0.1, 0.15) is 11.1 Å². The van der Waals surface area contributed by atoms with Gasteiger partial charge in [0.05, 0.1) is 0 Å². The lowest BCUT2D eigenvalue weighted by atomic mass is 10.2. The zero-order chi connectivity index (χ0) is 18.7. The summed E-state index contributed by atoms with van der Waals surface area (Å²) in [5, 5.41) is 0. The second-order valence-electron chi connectivity index (χ2n) is 6.86. The van der Waals surface area contributed by atoms with Crippen LogP contribution in [0.3, 0.4) is 0 Å². The highest BCUT2D eigenvalue weighted by Gasteiger charge is 2.32. The molecule has 4 aromatic rings. The summed E-state index contributed by atoms with van der Waals surface area (Å²) < 4.78 is 0. The molecule has 0 atom stereocenters. The molecule has 0 bridgehead atoms. The van der Waals surface area contributed by atoms with Crippen molar-refractivity contribution in [1.82, 2.24) is 0 Å². The fourth-order valence-corrected chi connectivity index (χ4v) is 7.40. The summed E-state index contributed by atoms with van der Waals surface area (Å²) in [6, 6.07) is 40.1. The zero-order valence-corrected chi connectivity index (χ0v) is 16.6. The molecule has 0 fully saturated rings. The molecule has 0 N–H and O–H groups in total. The zero-order valence-electron chi connectivity index (χ0n) is 15.8. The van der Waals surface area contributed by atoms with Gasteiger partial charge in [-0.15, -0.1) is 10.0 Å². The van der Waals surface area contributed by atoms with Gasteiger partial charge < -0.3 is 0 Å². The third kappa shape index (κ3) is 3.20. The van der Waals surface area contributed by atoms with Crippen LogP contribution in [-0.2, 0) is 0 Å². The third-order valence-corrected chi connectivity index (χ3v) is 8.86. The molecule has 0 radical (unpaired) electrons. The van der Waals surface area contributed by atoms with E-state index >= 15 is 0 Å². The van der Waals surface area contributed by atoms with Crippen LogP contribution in [0.5, 0.6) is 0 Å². The molecule has 1 heteroatoms. The van der Waals surface area contributed by atoms with E-state index in [-0.39, 0.29) is 0 Å². The van der Waals surface area contributed by atoms with Gasteiger partial charge >= 0.3 is 0 Å². The number of hydrogen-bond donors (Lipinski definition) is 0. The fraction of sp³-hybridized carbons (Fsp3) is 0.0769. The van der Waals surface area contributed by atoms with Gasteiger partial charge in [-0.2, -0.15) is 0 Å². The molecule has 0 amide bonds. The van der Waals surface area contributed by atoms with E-state index < -0.39 is 10.0 Å². The maximum atomic E-state index is 2.31. The van der Waals surface area contributed by atoms with Gasteiger partial charge in [0.2, 0.25) is 0 Å². The van der Waals surface area contributed by atoms with Crippen molar-refractivity contribution in [2.45, 2.75) is 33.4 Å². The predicted molar refractivity (Wildman–Crippen MR) is 116 cm³/mol. The molecule has 0 saturated carbocycles. The predicted octanol–water partition coefficient (Wildman–Crippen LogP) is 7.64. The minimum absolute atomic E-state index is 1.29. The van der Waals surface area contributed by atoms with Gasteiger partial charge in [0.1, 0.15) is 0 Å². The molecule has 0 saturated heterocycles. The molecule has 0 aliphatic rings. The smallest absolute Gasteiger partial charge is 0.00231 e. The van der Waals surface area contributed by atoms with Gasteiger partial charge in [-0.25, -0.2) is 0 Å². The highest BCUT2D eigenvalue weighted by atomic mass is 32.3. The molecule has 0 unspecified atom stereocenters. The van der Waals surface area contributed by atoms with E-state index in [2.05, 4.69) is 123 Å². The summed E-state index contributed by atoms with van der Waals surface area (Å²) in [5.41, 5.74) is 2.58. The molecular weight excluding hydrogens is 344 g/mol. The first-order valence-corrected chi connectivity index (χ1v) is 10.9. The SMILES string of the molecule is Cc1ccc(S(c2ccccc2)(c2ccccc2)c2ccc(C)cc2)cc1. The quantitative estimate of drug-likeness (QED) is 0.347. The van der Waals surface area contributed by atoms with Crippen LogP contribution in [0, 0.1) is 13.8 Å². The maximum Gasteiger partial charge on any atom is 0.00231 e. The first kappa shape index (κ1) is 17.6. The summed E-state index contributed by atoms with van der Waals surface area (Å²) in [6.45, 7) is 4.30. The standard InChI is InChI=1S/C26H24S/c1-21-13-17-25(18-14-21)27(23-9-5-3-6-10-23,24-11-7-4-8-12-24)26-19-15-22(2)16-20-26/h3-20H,1-2H3. The second-order valence-corrected chi connectivity index (χ2v) is 9.97. The molecule has 0 spiro atoms. The van der Waals surface area contributed by atoms with Crippen LogP contribution in [-0.4, -0.2) is 0 Å². The Bertz CT molecular complexity index is 914. The van der Waals surface area contributed by atoms with Crippen LogP contribution >= 0.6 is 10.0 Å². The monoisotopic (exact) mass is 368 g/mol. The Balaban J connectivity index is 2.11. The summed E-state index contributed by atoms with van der Waals surface area (Å²) >= 11 is 0. The average Bonchev–Trinajstić information content (AvgIpc) is 2.73. The van der Waals surface area contributed by atoms with Crippen molar-refractivity contribution in [2.75, 3.05) is 0 Å². The lowest BCUT2D eigenvalue weighted by Crippen LogP contribution is -2.05. The molecule has 4 aromatic carbocycles. The molecule has 27 heavy (non-hydrogen) atoms. The Morgan fingerprint density at radius 1 is 0.370 bits per heavy atom. The Morgan fingerprint density at radius 3 is 1.00 bits per heavy atom. The number of hydrogen-bond acceptors (Lipinski definition) is 0. The lowest BCUT2D eigenvalue weighted by Gasteiger charge is -2.42. The van der Waals surface area contributed by atoms with Crippen molar-refractivity contribution in [2.24, 2.45) is 0 Å². The van der Waals surface area contributed by atoms with Crippen molar-refractivity contribution in [3.63, 3.8) is 0 Å². The molecule has 0 aromatic heterocycles. The van der Waals surface area contributed by atoms with Crippen LogP contribution in [0.4, 0.5) is 0 Å². The van der Waals surface area contributed by atoms with Gasteiger partial charge in [0, 0.05) is 19.6 Å². The Hall–Kier alpha value is -2.77.